The SMILES string of the molecule is C=CC[C@]12C3C4C5C6C(C3[C@@]1(CC=C)[C@]6(O)O[C@@]52CC=C)C41CC1. The van der Waals surface area contributed by atoms with E-state index in [0.717, 1.165) is 37.0 Å². The zero-order valence-electron chi connectivity index (χ0n) is 14.2. The molecule has 10 atom stereocenters. The summed E-state index contributed by atoms with van der Waals surface area (Å²) in [7, 11) is 0. The van der Waals surface area contributed by atoms with Gasteiger partial charge in [0.25, 0.3) is 0 Å². The minimum Gasteiger partial charge on any atom is -0.365 e. The minimum atomic E-state index is -0.912. The predicted octanol–water partition coefficient (Wildman–Crippen LogP) is 3.69. The largest absolute Gasteiger partial charge is 0.365 e. The summed E-state index contributed by atoms with van der Waals surface area (Å²) in [6.45, 7) is 12.3. The van der Waals surface area contributed by atoms with Gasteiger partial charge in [0, 0.05) is 22.7 Å². The van der Waals surface area contributed by atoms with Crippen LogP contribution in [0.1, 0.15) is 32.1 Å². The van der Waals surface area contributed by atoms with Crippen LogP contribution in [-0.4, -0.2) is 16.5 Å². The van der Waals surface area contributed by atoms with Gasteiger partial charge in [0.05, 0.1) is 5.60 Å². The molecule has 2 aliphatic heterocycles. The zero-order valence-corrected chi connectivity index (χ0v) is 14.2. The Kier molecular flexibility index (Phi) is 1.75. The second-order valence-corrected chi connectivity index (χ2v) is 10.00. The monoisotopic (exact) mass is 322 g/mol. The molecular formula is C22H26O2. The van der Waals surface area contributed by atoms with E-state index < -0.39 is 5.79 Å². The Bertz CT molecular complexity index is 751. The molecule has 0 amide bonds. The average Bonchev–Trinajstić information content (AvgIpc) is 3.07. The van der Waals surface area contributed by atoms with Gasteiger partial charge in [0.2, 0.25) is 0 Å². The molecule has 6 unspecified atom stereocenters. The number of allylic oxidation sites excluding steroid dienone is 2. The molecule has 1 spiro atoms. The number of hydrogen-bond donors (Lipinski definition) is 1. The van der Waals surface area contributed by atoms with Crippen molar-refractivity contribution in [3.8, 4) is 0 Å². The molecule has 8 aliphatic rings. The molecule has 0 aromatic rings. The molecule has 0 aromatic heterocycles. The lowest BCUT2D eigenvalue weighted by Gasteiger charge is -2.66. The summed E-state index contributed by atoms with van der Waals surface area (Å²) in [4.78, 5) is 0. The van der Waals surface area contributed by atoms with E-state index in [1.165, 1.54) is 12.8 Å². The molecule has 126 valence electrons. The van der Waals surface area contributed by atoms with Crippen molar-refractivity contribution < 1.29 is 9.84 Å². The average molecular weight is 322 g/mol. The molecule has 2 saturated heterocycles. The molecule has 24 heavy (non-hydrogen) atoms. The van der Waals surface area contributed by atoms with Crippen LogP contribution in [0.4, 0.5) is 0 Å². The van der Waals surface area contributed by atoms with E-state index in [9.17, 15) is 5.11 Å². The van der Waals surface area contributed by atoms with Gasteiger partial charge in [0.1, 0.15) is 0 Å². The van der Waals surface area contributed by atoms with Crippen LogP contribution in [-0.2, 0) is 4.74 Å². The fourth-order valence-electron chi connectivity index (χ4n) is 11.0. The van der Waals surface area contributed by atoms with Crippen molar-refractivity contribution in [3.63, 3.8) is 0 Å². The van der Waals surface area contributed by atoms with Crippen molar-refractivity contribution in [2.75, 3.05) is 0 Å². The number of ether oxygens (including phenoxy) is 1. The maximum absolute atomic E-state index is 12.0. The van der Waals surface area contributed by atoms with Crippen molar-refractivity contribution in [2.24, 2.45) is 51.8 Å². The van der Waals surface area contributed by atoms with Crippen LogP contribution in [0.5, 0.6) is 0 Å². The van der Waals surface area contributed by atoms with Gasteiger partial charge in [-0.25, -0.2) is 0 Å². The minimum absolute atomic E-state index is 0.0796. The Labute approximate surface area is 143 Å². The molecule has 6 aliphatic carbocycles. The summed E-state index contributed by atoms with van der Waals surface area (Å²) in [6, 6.07) is 0. The maximum atomic E-state index is 12.0. The van der Waals surface area contributed by atoms with E-state index in [0.29, 0.717) is 23.2 Å². The highest BCUT2D eigenvalue weighted by molar-refractivity contribution is 5.55. The number of hydrogen-bond acceptors (Lipinski definition) is 2. The Balaban J connectivity index is 1.59. The van der Waals surface area contributed by atoms with Crippen molar-refractivity contribution in [3.05, 3.63) is 38.0 Å². The van der Waals surface area contributed by atoms with Gasteiger partial charge >= 0.3 is 0 Å². The summed E-state index contributed by atoms with van der Waals surface area (Å²) in [5.74, 6) is 2.97. The molecule has 4 bridgehead atoms. The molecule has 2 heterocycles. The molecule has 8 fully saturated rings. The van der Waals surface area contributed by atoms with Gasteiger partial charge in [0.15, 0.2) is 5.79 Å². The molecule has 2 heteroatoms. The van der Waals surface area contributed by atoms with Gasteiger partial charge in [-0.1, -0.05) is 18.2 Å². The van der Waals surface area contributed by atoms with Crippen LogP contribution in [0, 0.1) is 51.8 Å². The summed E-state index contributed by atoms with van der Waals surface area (Å²) < 4.78 is 6.81. The summed E-state index contributed by atoms with van der Waals surface area (Å²) in [5.41, 5.74) is 0.363. The normalized spacial score (nSPS) is 68.9. The molecule has 0 radical (unpaired) electrons. The van der Waals surface area contributed by atoms with Crippen LogP contribution in [0.3, 0.4) is 0 Å². The van der Waals surface area contributed by atoms with E-state index >= 15 is 0 Å². The molecule has 0 aromatic carbocycles. The number of rotatable bonds is 6. The highest BCUT2D eigenvalue weighted by atomic mass is 16.7. The van der Waals surface area contributed by atoms with Crippen LogP contribution in [0.25, 0.3) is 0 Å². The van der Waals surface area contributed by atoms with Gasteiger partial charge in [-0.15, -0.1) is 19.7 Å². The summed E-state index contributed by atoms with van der Waals surface area (Å²) in [5, 5.41) is 12.0. The Morgan fingerprint density at radius 1 is 0.792 bits per heavy atom. The van der Waals surface area contributed by atoms with Crippen LogP contribution < -0.4 is 0 Å². The van der Waals surface area contributed by atoms with Crippen molar-refractivity contribution in [2.45, 2.75) is 43.5 Å². The second-order valence-electron chi connectivity index (χ2n) is 10.00. The Morgan fingerprint density at radius 2 is 1.38 bits per heavy atom. The lowest BCUT2D eigenvalue weighted by atomic mass is 9.35. The van der Waals surface area contributed by atoms with Crippen LogP contribution >= 0.6 is 0 Å². The zero-order chi connectivity index (χ0) is 16.3. The van der Waals surface area contributed by atoms with Gasteiger partial charge < -0.3 is 9.84 Å². The van der Waals surface area contributed by atoms with Crippen molar-refractivity contribution in [1.82, 2.24) is 0 Å². The molecule has 1 N–H and O–H groups in total. The Morgan fingerprint density at radius 3 is 2.00 bits per heavy atom. The van der Waals surface area contributed by atoms with E-state index in [1.807, 2.05) is 0 Å². The van der Waals surface area contributed by atoms with E-state index in [2.05, 4.69) is 38.0 Å². The standard InChI is InChI=1S/C22H26O2/c1-4-7-19-14-12-16-17-13(18(12)10-11-18)15(14)20(19,8-5-2)22(17,23)24-21(16,19)9-6-3/h4-6,12-17,23H,1-3,7-11H2/t12?,13?,14?,15?,16?,17?,19-,20+,21-,22+/m0/s1. The van der Waals surface area contributed by atoms with E-state index in [4.69, 9.17) is 4.74 Å². The fraction of sp³-hybridized carbons (Fsp3) is 0.727. The second kappa shape index (κ2) is 3.14. The van der Waals surface area contributed by atoms with E-state index in [-0.39, 0.29) is 16.4 Å². The van der Waals surface area contributed by atoms with E-state index in [1.54, 1.807) is 0 Å². The molecule has 8 rings (SSSR count). The Hall–Kier alpha value is -0.860. The van der Waals surface area contributed by atoms with Crippen molar-refractivity contribution >= 4 is 0 Å². The topological polar surface area (TPSA) is 29.5 Å². The quantitative estimate of drug-likeness (QED) is 0.756. The number of aliphatic hydroxyl groups is 1. The highest BCUT2D eigenvalue weighted by Gasteiger charge is 3.09. The molecular weight excluding hydrogens is 296 g/mol. The highest BCUT2D eigenvalue weighted by Crippen LogP contribution is 3.07. The smallest absolute Gasteiger partial charge is 0.176 e. The third kappa shape index (κ3) is 0.720. The maximum Gasteiger partial charge on any atom is 0.176 e. The first-order valence-electron chi connectivity index (χ1n) is 9.83. The van der Waals surface area contributed by atoms with Gasteiger partial charge in [-0.3, -0.25) is 0 Å². The van der Waals surface area contributed by atoms with Crippen LogP contribution in [0.2, 0.25) is 0 Å². The third-order valence-corrected chi connectivity index (χ3v) is 10.5. The lowest BCUT2D eigenvalue weighted by Crippen LogP contribution is -2.69. The van der Waals surface area contributed by atoms with Crippen LogP contribution in [0.15, 0.2) is 38.0 Å². The first-order chi connectivity index (χ1) is 11.6. The summed E-state index contributed by atoms with van der Waals surface area (Å²) >= 11 is 0. The first kappa shape index (κ1) is 13.4. The molecule has 2 nitrogen and oxygen atoms in total. The first-order valence-corrected chi connectivity index (χ1v) is 9.83. The fourth-order valence-corrected chi connectivity index (χ4v) is 11.0. The van der Waals surface area contributed by atoms with Gasteiger partial charge in [-0.05, 0) is 61.2 Å². The molecule has 6 saturated carbocycles. The van der Waals surface area contributed by atoms with Crippen molar-refractivity contribution in [1.29, 1.82) is 0 Å². The lowest BCUT2D eigenvalue weighted by molar-refractivity contribution is -0.265. The predicted molar refractivity (Wildman–Crippen MR) is 90.7 cm³/mol. The summed E-state index contributed by atoms with van der Waals surface area (Å²) in [6.07, 6.45) is 11.8. The third-order valence-electron chi connectivity index (χ3n) is 10.5. The van der Waals surface area contributed by atoms with Gasteiger partial charge in [-0.2, -0.15) is 0 Å².